The Morgan fingerprint density at radius 2 is 1.58 bits per heavy atom. The number of carbonyl (C=O) groups excluding carboxylic acids is 1. The van der Waals surface area contributed by atoms with Crippen molar-refractivity contribution in [2.24, 2.45) is 5.92 Å². The first-order chi connectivity index (χ1) is 8.85. The molecule has 0 atom stereocenters. The third-order valence-corrected chi connectivity index (χ3v) is 4.32. The third kappa shape index (κ3) is 3.04. The molecule has 2 saturated carbocycles. The number of rotatable bonds is 3. The standard InChI is InChI=1S/C13H19F2NO3/c14-13(15)7-3-9(4-8-13)10(17)16-12(11(18)19)5-1-2-6-12/h9H,1-8H2,(H,16,17)(H,18,19). The number of hydrogen-bond acceptors (Lipinski definition) is 2. The van der Waals surface area contributed by atoms with Gasteiger partial charge in [-0.2, -0.15) is 0 Å². The average molecular weight is 275 g/mol. The minimum Gasteiger partial charge on any atom is -0.480 e. The van der Waals surface area contributed by atoms with Crippen LogP contribution in [0, 0.1) is 5.92 Å². The number of alkyl halides is 2. The molecule has 0 saturated heterocycles. The molecule has 0 heterocycles. The van der Waals surface area contributed by atoms with Gasteiger partial charge in [0.1, 0.15) is 5.54 Å². The lowest BCUT2D eigenvalue weighted by Gasteiger charge is -2.31. The number of carboxylic acids is 1. The van der Waals surface area contributed by atoms with Gasteiger partial charge in [-0.1, -0.05) is 12.8 Å². The van der Waals surface area contributed by atoms with E-state index < -0.39 is 23.3 Å². The van der Waals surface area contributed by atoms with Crippen LogP contribution in [0.15, 0.2) is 0 Å². The monoisotopic (exact) mass is 275 g/mol. The number of nitrogens with one attached hydrogen (secondary N) is 1. The number of hydrogen-bond donors (Lipinski definition) is 2. The summed E-state index contributed by atoms with van der Waals surface area (Å²) in [7, 11) is 0. The van der Waals surface area contributed by atoms with E-state index in [1.54, 1.807) is 0 Å². The van der Waals surface area contributed by atoms with E-state index >= 15 is 0 Å². The van der Waals surface area contributed by atoms with E-state index in [9.17, 15) is 23.5 Å². The molecule has 0 aromatic heterocycles. The predicted molar refractivity (Wildman–Crippen MR) is 63.9 cm³/mol. The summed E-state index contributed by atoms with van der Waals surface area (Å²) in [6, 6.07) is 0. The van der Waals surface area contributed by atoms with Crippen LogP contribution < -0.4 is 5.32 Å². The molecule has 2 N–H and O–H groups in total. The van der Waals surface area contributed by atoms with Gasteiger partial charge >= 0.3 is 5.97 Å². The zero-order chi connectivity index (χ0) is 14.1. The first kappa shape index (κ1) is 14.2. The molecular formula is C13H19F2NO3. The van der Waals surface area contributed by atoms with E-state index in [2.05, 4.69) is 5.32 Å². The van der Waals surface area contributed by atoms with Gasteiger partial charge in [-0.25, -0.2) is 13.6 Å². The van der Waals surface area contributed by atoms with E-state index in [4.69, 9.17) is 0 Å². The Labute approximate surface area is 110 Å². The first-order valence-electron chi connectivity index (χ1n) is 6.78. The van der Waals surface area contributed by atoms with Crippen LogP contribution in [0.2, 0.25) is 0 Å². The van der Waals surface area contributed by atoms with Gasteiger partial charge in [0.25, 0.3) is 0 Å². The highest BCUT2D eigenvalue weighted by Gasteiger charge is 2.45. The quantitative estimate of drug-likeness (QED) is 0.830. The van der Waals surface area contributed by atoms with Gasteiger partial charge in [0, 0.05) is 18.8 Å². The maximum Gasteiger partial charge on any atom is 0.329 e. The second-order valence-corrected chi connectivity index (χ2v) is 5.71. The third-order valence-electron chi connectivity index (χ3n) is 4.32. The van der Waals surface area contributed by atoms with Crippen LogP contribution in [-0.2, 0) is 9.59 Å². The van der Waals surface area contributed by atoms with Crippen molar-refractivity contribution in [3.8, 4) is 0 Å². The smallest absolute Gasteiger partial charge is 0.329 e. The molecule has 0 bridgehead atoms. The number of amides is 1. The summed E-state index contributed by atoms with van der Waals surface area (Å²) >= 11 is 0. The first-order valence-corrected chi connectivity index (χ1v) is 6.78. The zero-order valence-corrected chi connectivity index (χ0v) is 10.8. The van der Waals surface area contributed by atoms with Crippen LogP contribution in [0.3, 0.4) is 0 Å². The number of carbonyl (C=O) groups is 2. The van der Waals surface area contributed by atoms with E-state index in [1.807, 2.05) is 0 Å². The highest BCUT2D eigenvalue weighted by Crippen LogP contribution is 2.37. The lowest BCUT2D eigenvalue weighted by Crippen LogP contribution is -2.54. The van der Waals surface area contributed by atoms with Crippen molar-refractivity contribution in [3.63, 3.8) is 0 Å². The van der Waals surface area contributed by atoms with Crippen LogP contribution in [0.1, 0.15) is 51.4 Å². The van der Waals surface area contributed by atoms with Gasteiger partial charge in [0.15, 0.2) is 0 Å². The highest BCUT2D eigenvalue weighted by atomic mass is 19.3. The van der Waals surface area contributed by atoms with E-state index in [-0.39, 0.29) is 31.6 Å². The zero-order valence-electron chi connectivity index (χ0n) is 10.8. The van der Waals surface area contributed by atoms with Gasteiger partial charge in [0.05, 0.1) is 0 Å². The Morgan fingerprint density at radius 3 is 2.05 bits per heavy atom. The average Bonchev–Trinajstić information content (AvgIpc) is 2.78. The van der Waals surface area contributed by atoms with Gasteiger partial charge in [0.2, 0.25) is 11.8 Å². The molecule has 4 nitrogen and oxygen atoms in total. The number of halogens is 2. The molecule has 2 aliphatic carbocycles. The van der Waals surface area contributed by atoms with Crippen molar-refractivity contribution >= 4 is 11.9 Å². The number of carboxylic acid groups (broad SMARTS) is 1. The molecule has 0 spiro atoms. The molecule has 0 aromatic carbocycles. The molecule has 2 aliphatic rings. The Balaban J connectivity index is 1.95. The van der Waals surface area contributed by atoms with Gasteiger partial charge < -0.3 is 10.4 Å². The molecule has 19 heavy (non-hydrogen) atoms. The fourth-order valence-corrected chi connectivity index (χ4v) is 3.01. The van der Waals surface area contributed by atoms with Crippen molar-refractivity contribution in [2.75, 3.05) is 0 Å². The minimum atomic E-state index is -2.67. The minimum absolute atomic E-state index is 0.133. The molecule has 0 aliphatic heterocycles. The largest absolute Gasteiger partial charge is 0.480 e. The van der Waals surface area contributed by atoms with Crippen molar-refractivity contribution < 1.29 is 23.5 Å². The Hall–Kier alpha value is -1.20. The lowest BCUT2D eigenvalue weighted by atomic mass is 9.85. The summed E-state index contributed by atoms with van der Waals surface area (Å²) in [6.07, 6.45) is 2.10. The SMILES string of the molecule is O=C(NC1(C(=O)O)CCCC1)C1CCC(F)(F)CC1. The summed E-state index contributed by atoms with van der Waals surface area (Å²) in [4.78, 5) is 23.4. The van der Waals surface area contributed by atoms with E-state index in [0.717, 1.165) is 12.8 Å². The topological polar surface area (TPSA) is 66.4 Å². The van der Waals surface area contributed by atoms with Crippen LogP contribution >= 0.6 is 0 Å². The molecule has 2 fully saturated rings. The van der Waals surface area contributed by atoms with E-state index in [0.29, 0.717) is 12.8 Å². The molecular weight excluding hydrogens is 256 g/mol. The van der Waals surface area contributed by atoms with Crippen molar-refractivity contribution in [2.45, 2.75) is 62.8 Å². The summed E-state index contributed by atoms with van der Waals surface area (Å²) in [5, 5.41) is 11.9. The second-order valence-electron chi connectivity index (χ2n) is 5.71. The molecule has 1 amide bonds. The molecule has 6 heteroatoms. The van der Waals surface area contributed by atoms with Crippen LogP contribution in [-0.4, -0.2) is 28.4 Å². The summed E-state index contributed by atoms with van der Waals surface area (Å²) in [6.45, 7) is 0. The predicted octanol–water partition coefficient (Wildman–Crippen LogP) is 2.33. The summed E-state index contributed by atoms with van der Waals surface area (Å²) < 4.78 is 26.0. The molecule has 108 valence electrons. The maximum absolute atomic E-state index is 13.0. The Morgan fingerprint density at radius 1 is 1.05 bits per heavy atom. The molecule has 0 radical (unpaired) electrons. The summed E-state index contributed by atoms with van der Waals surface area (Å²) in [5.74, 6) is -4.54. The van der Waals surface area contributed by atoms with Crippen molar-refractivity contribution in [3.05, 3.63) is 0 Å². The molecule has 2 rings (SSSR count). The summed E-state index contributed by atoms with van der Waals surface area (Å²) in [5.41, 5.74) is -1.17. The fourth-order valence-electron chi connectivity index (χ4n) is 3.01. The fraction of sp³-hybridized carbons (Fsp3) is 0.846. The molecule has 0 aromatic rings. The van der Waals surface area contributed by atoms with Gasteiger partial charge in [-0.3, -0.25) is 4.79 Å². The highest BCUT2D eigenvalue weighted by molar-refractivity contribution is 5.88. The Bertz CT molecular complexity index is 368. The van der Waals surface area contributed by atoms with Crippen LogP contribution in [0.4, 0.5) is 8.78 Å². The second kappa shape index (κ2) is 5.06. The van der Waals surface area contributed by atoms with Gasteiger partial charge in [-0.05, 0) is 25.7 Å². The van der Waals surface area contributed by atoms with E-state index in [1.165, 1.54) is 0 Å². The van der Waals surface area contributed by atoms with Crippen LogP contribution in [0.5, 0.6) is 0 Å². The normalized spacial score (nSPS) is 26.0. The van der Waals surface area contributed by atoms with Crippen molar-refractivity contribution in [1.82, 2.24) is 5.32 Å². The van der Waals surface area contributed by atoms with Gasteiger partial charge in [-0.15, -0.1) is 0 Å². The maximum atomic E-state index is 13.0. The number of aliphatic carboxylic acids is 1. The molecule has 0 unspecified atom stereocenters. The lowest BCUT2D eigenvalue weighted by molar-refractivity contribution is -0.149. The van der Waals surface area contributed by atoms with Crippen LogP contribution in [0.25, 0.3) is 0 Å². The van der Waals surface area contributed by atoms with Crippen molar-refractivity contribution in [1.29, 1.82) is 0 Å². The Kier molecular flexibility index (Phi) is 3.78.